The Balaban J connectivity index is 1.14. The smallest absolute Gasteiger partial charge is 0.254 e. The third-order valence-electron chi connectivity index (χ3n) is 11.0. The van der Waals surface area contributed by atoms with Gasteiger partial charge in [-0.2, -0.15) is 5.26 Å². The zero-order chi connectivity index (χ0) is 30.8. The number of hydrogen-bond donors (Lipinski definition) is 2. The number of phenolic OH excluding ortho intramolecular Hbond substituents is 1. The van der Waals surface area contributed by atoms with Gasteiger partial charge in [-0.25, -0.2) is 4.39 Å². The summed E-state index contributed by atoms with van der Waals surface area (Å²) in [6, 6.07) is 24.4. The molecule has 6 rings (SSSR count). The molecule has 6 heteroatoms. The summed E-state index contributed by atoms with van der Waals surface area (Å²) < 4.78 is 16.1. The van der Waals surface area contributed by atoms with E-state index in [1.807, 2.05) is 47.4 Å². The molecule has 0 spiro atoms. The van der Waals surface area contributed by atoms with E-state index < -0.39 is 12.3 Å². The fourth-order valence-corrected chi connectivity index (χ4v) is 8.85. The fraction of sp³-hybridized carbons (Fsp3) is 0.474. The fourth-order valence-electron chi connectivity index (χ4n) is 8.85. The monoisotopic (exact) mass is 594 g/mol. The molecule has 3 aliphatic rings. The van der Waals surface area contributed by atoms with Crippen molar-refractivity contribution in [3.8, 4) is 11.8 Å². The summed E-state index contributed by atoms with van der Waals surface area (Å²) in [6.07, 6.45) is 5.24. The summed E-state index contributed by atoms with van der Waals surface area (Å²) >= 11 is 0. The summed E-state index contributed by atoms with van der Waals surface area (Å²) in [6.45, 7) is 3.25. The van der Waals surface area contributed by atoms with Gasteiger partial charge in [0, 0.05) is 24.6 Å². The number of phenols is 1. The second kappa shape index (κ2) is 12.7. The number of amides is 1. The molecule has 2 saturated carbocycles. The van der Waals surface area contributed by atoms with Crippen LogP contribution in [-0.4, -0.2) is 39.8 Å². The molecular formula is C38H43FN2O3. The summed E-state index contributed by atoms with van der Waals surface area (Å²) in [7, 11) is 0. The first-order chi connectivity index (χ1) is 21.3. The lowest BCUT2D eigenvalue weighted by Gasteiger charge is -2.54. The van der Waals surface area contributed by atoms with Crippen LogP contribution in [0.2, 0.25) is 0 Å². The number of fused-ring (bicyclic) bond motifs is 5. The number of aliphatic hydroxyl groups is 1. The molecule has 0 aromatic heterocycles. The average Bonchev–Trinajstić information content (AvgIpc) is 3.33. The Morgan fingerprint density at radius 3 is 2.57 bits per heavy atom. The molecule has 3 aromatic carbocycles. The normalized spacial score (nSPS) is 28.8. The van der Waals surface area contributed by atoms with Crippen LogP contribution in [0.3, 0.4) is 0 Å². The van der Waals surface area contributed by atoms with Crippen molar-refractivity contribution < 1.29 is 19.4 Å². The molecule has 0 heterocycles. The molecule has 6 unspecified atom stereocenters. The van der Waals surface area contributed by atoms with Gasteiger partial charge in [0.05, 0.1) is 17.7 Å². The van der Waals surface area contributed by atoms with Crippen molar-refractivity contribution in [2.75, 3.05) is 6.54 Å². The van der Waals surface area contributed by atoms with E-state index in [4.69, 9.17) is 5.26 Å². The van der Waals surface area contributed by atoms with Crippen LogP contribution in [0.1, 0.15) is 90.4 Å². The van der Waals surface area contributed by atoms with Gasteiger partial charge in [0.15, 0.2) is 0 Å². The van der Waals surface area contributed by atoms with Crippen molar-refractivity contribution in [3.63, 3.8) is 0 Å². The molecule has 0 aliphatic heterocycles. The van der Waals surface area contributed by atoms with Crippen molar-refractivity contribution in [1.29, 1.82) is 5.26 Å². The SMILES string of the molecule is C[C@]12CC(F)C3c4ccc(O)cc4CC(CCCCCN(Cc4ccccc4)C(=O)c4ccc(C#N)cc4)C3C1CCC2O. The molecule has 7 atom stereocenters. The van der Waals surface area contributed by atoms with Crippen LogP contribution >= 0.6 is 0 Å². The lowest BCUT2D eigenvalue weighted by atomic mass is 9.51. The van der Waals surface area contributed by atoms with Crippen LogP contribution in [-0.2, 0) is 13.0 Å². The Hall–Kier alpha value is -3.69. The first-order valence-electron chi connectivity index (χ1n) is 16.3. The first-order valence-corrected chi connectivity index (χ1v) is 16.3. The molecule has 44 heavy (non-hydrogen) atoms. The van der Waals surface area contributed by atoms with Crippen LogP contribution in [0.5, 0.6) is 5.75 Å². The predicted octanol–water partition coefficient (Wildman–Crippen LogP) is 7.56. The van der Waals surface area contributed by atoms with Gasteiger partial charge in [-0.1, -0.05) is 56.2 Å². The van der Waals surface area contributed by atoms with E-state index in [0.29, 0.717) is 42.5 Å². The summed E-state index contributed by atoms with van der Waals surface area (Å²) in [5, 5.41) is 30.3. The summed E-state index contributed by atoms with van der Waals surface area (Å²) in [5.74, 6) is 0.791. The van der Waals surface area contributed by atoms with Crippen LogP contribution < -0.4 is 0 Å². The van der Waals surface area contributed by atoms with Crippen LogP contribution in [0.4, 0.5) is 4.39 Å². The maximum atomic E-state index is 16.1. The Kier molecular flexibility index (Phi) is 8.78. The molecule has 0 bridgehead atoms. The number of aliphatic hydroxyl groups excluding tert-OH is 1. The minimum atomic E-state index is -1.00. The number of nitriles is 1. The predicted molar refractivity (Wildman–Crippen MR) is 169 cm³/mol. The van der Waals surface area contributed by atoms with Crippen molar-refractivity contribution in [3.05, 3.63) is 101 Å². The largest absolute Gasteiger partial charge is 0.508 e. The number of halogens is 1. The molecule has 2 fully saturated rings. The van der Waals surface area contributed by atoms with Crippen LogP contribution in [0.25, 0.3) is 0 Å². The van der Waals surface area contributed by atoms with E-state index in [1.54, 1.807) is 30.3 Å². The van der Waals surface area contributed by atoms with Crippen molar-refractivity contribution in [2.24, 2.45) is 23.2 Å². The second-order valence-corrected chi connectivity index (χ2v) is 13.6. The maximum absolute atomic E-state index is 16.1. The molecule has 2 N–H and O–H groups in total. The van der Waals surface area contributed by atoms with Gasteiger partial charge < -0.3 is 15.1 Å². The highest BCUT2D eigenvalue weighted by Crippen LogP contribution is 2.63. The van der Waals surface area contributed by atoms with E-state index >= 15 is 4.39 Å². The quantitative estimate of drug-likeness (QED) is 0.251. The number of nitrogens with zero attached hydrogens (tertiary/aromatic N) is 2. The molecular weight excluding hydrogens is 551 g/mol. The lowest BCUT2D eigenvalue weighted by Crippen LogP contribution is -2.51. The van der Waals surface area contributed by atoms with Gasteiger partial charge in [-0.3, -0.25) is 4.79 Å². The van der Waals surface area contributed by atoms with Gasteiger partial charge in [0.25, 0.3) is 5.91 Å². The van der Waals surface area contributed by atoms with Crippen molar-refractivity contribution in [2.45, 2.75) is 83.0 Å². The highest BCUT2D eigenvalue weighted by Gasteiger charge is 2.59. The van der Waals surface area contributed by atoms with E-state index in [2.05, 4.69) is 13.0 Å². The van der Waals surface area contributed by atoms with E-state index in [0.717, 1.165) is 61.6 Å². The standard InChI is InChI=1S/C38H43FN2O3/c1-38-22-33(39)36-31-16-15-30(42)21-29(31)20-28(35(36)32(38)17-18-34(38)43)10-6-3-7-19-41(24-26-8-4-2-5-9-26)37(44)27-13-11-25(23-40)12-14-27/h2,4-5,8-9,11-16,21,28,32-36,42-43H,3,6-7,10,17-20,22,24H2,1H3/t28?,32?,33?,34?,35?,36?,38-/m0/s1. The third kappa shape index (κ3) is 5.87. The van der Waals surface area contributed by atoms with Gasteiger partial charge in [0.1, 0.15) is 11.9 Å². The minimum absolute atomic E-state index is 0.0415. The van der Waals surface area contributed by atoms with Crippen molar-refractivity contribution >= 4 is 5.91 Å². The average molecular weight is 595 g/mol. The highest BCUT2D eigenvalue weighted by atomic mass is 19.1. The number of carbonyl (C=O) groups excluding carboxylic acids is 1. The summed E-state index contributed by atoms with van der Waals surface area (Å²) in [4.78, 5) is 15.4. The van der Waals surface area contributed by atoms with E-state index in [1.165, 1.54) is 0 Å². The van der Waals surface area contributed by atoms with Gasteiger partial charge in [-0.15, -0.1) is 0 Å². The number of unbranched alkanes of at least 4 members (excludes halogenated alkanes) is 2. The zero-order valence-corrected chi connectivity index (χ0v) is 25.5. The third-order valence-corrected chi connectivity index (χ3v) is 11.0. The van der Waals surface area contributed by atoms with E-state index in [9.17, 15) is 15.0 Å². The number of carbonyl (C=O) groups is 1. The van der Waals surface area contributed by atoms with Crippen LogP contribution in [0.15, 0.2) is 72.8 Å². The molecule has 3 aliphatic carbocycles. The number of benzene rings is 3. The zero-order valence-electron chi connectivity index (χ0n) is 25.5. The number of rotatable bonds is 9. The molecule has 5 nitrogen and oxygen atoms in total. The Labute approximate surface area is 260 Å². The highest BCUT2D eigenvalue weighted by molar-refractivity contribution is 5.94. The van der Waals surface area contributed by atoms with Crippen LogP contribution in [0, 0.1) is 34.5 Å². The van der Waals surface area contributed by atoms with E-state index in [-0.39, 0.29) is 28.9 Å². The summed E-state index contributed by atoms with van der Waals surface area (Å²) in [5.41, 5.74) is 3.93. The molecule has 1 amide bonds. The Bertz CT molecular complexity index is 1500. The van der Waals surface area contributed by atoms with Crippen molar-refractivity contribution in [1.82, 2.24) is 4.90 Å². The molecule has 3 aromatic rings. The van der Waals surface area contributed by atoms with Gasteiger partial charge in [0.2, 0.25) is 0 Å². The van der Waals surface area contributed by atoms with Gasteiger partial charge in [-0.05, 0) is 115 Å². The van der Waals surface area contributed by atoms with Gasteiger partial charge >= 0.3 is 0 Å². The molecule has 0 saturated heterocycles. The first kappa shape index (κ1) is 30.3. The molecule has 230 valence electrons. The Morgan fingerprint density at radius 2 is 1.82 bits per heavy atom. The number of hydrogen-bond acceptors (Lipinski definition) is 4. The second-order valence-electron chi connectivity index (χ2n) is 13.6. The Morgan fingerprint density at radius 1 is 1.05 bits per heavy atom. The molecule has 0 radical (unpaired) electrons. The topological polar surface area (TPSA) is 84.6 Å². The maximum Gasteiger partial charge on any atom is 0.254 e. The number of aromatic hydroxyl groups is 1. The number of alkyl halides is 1. The lowest BCUT2D eigenvalue weighted by molar-refractivity contribution is -0.0722. The minimum Gasteiger partial charge on any atom is -0.508 e.